The molecule has 28 heavy (non-hydrogen) atoms. The van der Waals surface area contributed by atoms with Gasteiger partial charge in [0.15, 0.2) is 12.2 Å². The molecule has 4 aromatic rings. The highest BCUT2D eigenvalue weighted by molar-refractivity contribution is 9.10. The number of ether oxygens (including phenoxy) is 1. The minimum absolute atomic E-state index is 0.148. The summed E-state index contributed by atoms with van der Waals surface area (Å²) in [5, 5.41) is 3.24. The Morgan fingerprint density at radius 2 is 1.89 bits per heavy atom. The maximum atomic E-state index is 12.2. The van der Waals surface area contributed by atoms with Gasteiger partial charge in [0.25, 0.3) is 5.91 Å². The van der Waals surface area contributed by atoms with Gasteiger partial charge in [0.05, 0.1) is 5.02 Å². The zero-order chi connectivity index (χ0) is 19.5. The molecule has 0 fully saturated rings. The Bertz CT molecular complexity index is 1140. The van der Waals surface area contributed by atoms with Gasteiger partial charge in [0, 0.05) is 15.7 Å². The molecule has 0 aliphatic rings. The number of nitrogens with zero attached hydrogens (tertiary/aromatic N) is 1. The van der Waals surface area contributed by atoms with Crippen molar-refractivity contribution in [2.45, 2.75) is 0 Å². The summed E-state index contributed by atoms with van der Waals surface area (Å²) < 4.78 is 12.2. The number of aromatic nitrogens is 1. The molecule has 1 amide bonds. The van der Waals surface area contributed by atoms with E-state index in [2.05, 4.69) is 26.2 Å². The molecule has 0 aliphatic heterocycles. The molecule has 4 rings (SSSR count). The van der Waals surface area contributed by atoms with Gasteiger partial charge in [-0.15, -0.1) is 0 Å². The third kappa shape index (κ3) is 4.18. The summed E-state index contributed by atoms with van der Waals surface area (Å²) in [7, 11) is 0. The standard InChI is InChI=1S/C21H14BrClN2O3/c22-14-7-5-13(6-8-14)21-25-17-11-15(9-10-19(17)28-21)24-20(26)12-27-18-4-2-1-3-16(18)23/h1-11H,12H2,(H,24,26). The normalized spacial score (nSPS) is 10.8. The Morgan fingerprint density at radius 3 is 2.68 bits per heavy atom. The predicted octanol–water partition coefficient (Wildman–Crippen LogP) is 5.93. The van der Waals surface area contributed by atoms with Gasteiger partial charge in [-0.2, -0.15) is 0 Å². The van der Waals surface area contributed by atoms with Crippen LogP contribution in [0.25, 0.3) is 22.6 Å². The number of hydrogen-bond donors (Lipinski definition) is 1. The summed E-state index contributed by atoms with van der Waals surface area (Å²) in [6.45, 7) is -0.148. The molecule has 7 heteroatoms. The largest absolute Gasteiger partial charge is 0.482 e. The van der Waals surface area contributed by atoms with E-state index in [1.807, 2.05) is 24.3 Å². The molecule has 0 unspecified atom stereocenters. The summed E-state index contributed by atoms with van der Waals surface area (Å²) in [4.78, 5) is 16.7. The first kappa shape index (κ1) is 18.5. The zero-order valence-electron chi connectivity index (χ0n) is 14.5. The van der Waals surface area contributed by atoms with Crippen molar-refractivity contribution in [3.8, 4) is 17.2 Å². The van der Waals surface area contributed by atoms with Crippen LogP contribution in [0.4, 0.5) is 5.69 Å². The molecule has 140 valence electrons. The topological polar surface area (TPSA) is 64.4 Å². The first-order chi connectivity index (χ1) is 13.6. The molecule has 3 aromatic carbocycles. The van der Waals surface area contributed by atoms with Crippen molar-refractivity contribution >= 4 is 50.2 Å². The molecule has 0 aliphatic carbocycles. The Kier molecular flexibility index (Phi) is 5.32. The molecule has 0 radical (unpaired) electrons. The highest BCUT2D eigenvalue weighted by atomic mass is 79.9. The molecule has 1 N–H and O–H groups in total. The van der Waals surface area contributed by atoms with Crippen LogP contribution in [-0.2, 0) is 4.79 Å². The van der Waals surface area contributed by atoms with E-state index in [0.717, 1.165) is 10.0 Å². The van der Waals surface area contributed by atoms with Crippen LogP contribution in [0.1, 0.15) is 0 Å². The lowest BCUT2D eigenvalue weighted by Crippen LogP contribution is -2.20. The smallest absolute Gasteiger partial charge is 0.262 e. The first-order valence-corrected chi connectivity index (χ1v) is 9.59. The van der Waals surface area contributed by atoms with E-state index in [-0.39, 0.29) is 12.5 Å². The van der Waals surface area contributed by atoms with Crippen molar-refractivity contribution in [3.63, 3.8) is 0 Å². The van der Waals surface area contributed by atoms with Crippen LogP contribution in [-0.4, -0.2) is 17.5 Å². The minimum atomic E-state index is -0.295. The van der Waals surface area contributed by atoms with E-state index >= 15 is 0 Å². The number of nitrogens with one attached hydrogen (secondary N) is 1. The molecule has 0 bridgehead atoms. The quantitative estimate of drug-likeness (QED) is 0.403. The number of amides is 1. The molecule has 0 atom stereocenters. The van der Waals surface area contributed by atoms with Crippen LogP contribution in [0.2, 0.25) is 5.02 Å². The van der Waals surface area contributed by atoms with Crippen molar-refractivity contribution < 1.29 is 13.9 Å². The number of hydrogen-bond acceptors (Lipinski definition) is 4. The van der Waals surface area contributed by atoms with Crippen LogP contribution < -0.4 is 10.1 Å². The summed E-state index contributed by atoms with van der Waals surface area (Å²) in [5.74, 6) is 0.689. The second-order valence-electron chi connectivity index (χ2n) is 5.98. The maximum absolute atomic E-state index is 12.2. The summed E-state index contributed by atoms with van der Waals surface area (Å²) in [6.07, 6.45) is 0. The Labute approximate surface area is 174 Å². The van der Waals surface area contributed by atoms with Crippen LogP contribution in [0.3, 0.4) is 0 Å². The van der Waals surface area contributed by atoms with E-state index in [0.29, 0.717) is 33.4 Å². The number of carbonyl (C=O) groups is 1. The average Bonchev–Trinajstić information content (AvgIpc) is 3.11. The van der Waals surface area contributed by atoms with Gasteiger partial charge >= 0.3 is 0 Å². The monoisotopic (exact) mass is 456 g/mol. The van der Waals surface area contributed by atoms with E-state index in [9.17, 15) is 4.79 Å². The van der Waals surface area contributed by atoms with Gasteiger partial charge in [-0.25, -0.2) is 4.98 Å². The third-order valence-electron chi connectivity index (χ3n) is 3.96. The van der Waals surface area contributed by atoms with Gasteiger partial charge in [0.1, 0.15) is 11.3 Å². The van der Waals surface area contributed by atoms with Crippen molar-refractivity contribution in [1.29, 1.82) is 0 Å². The molecule has 0 saturated heterocycles. The molecular weight excluding hydrogens is 444 g/mol. The van der Waals surface area contributed by atoms with Gasteiger partial charge in [-0.05, 0) is 54.6 Å². The van der Waals surface area contributed by atoms with Crippen molar-refractivity contribution in [2.24, 2.45) is 0 Å². The van der Waals surface area contributed by atoms with Gasteiger partial charge in [-0.1, -0.05) is 39.7 Å². The summed E-state index contributed by atoms with van der Waals surface area (Å²) in [5.41, 5.74) is 2.78. The van der Waals surface area contributed by atoms with E-state index in [4.69, 9.17) is 20.8 Å². The molecule has 0 spiro atoms. The third-order valence-corrected chi connectivity index (χ3v) is 4.80. The maximum Gasteiger partial charge on any atom is 0.262 e. The molecule has 1 aromatic heterocycles. The fourth-order valence-electron chi connectivity index (χ4n) is 2.62. The molecule has 5 nitrogen and oxygen atoms in total. The molecule has 1 heterocycles. The number of benzene rings is 3. The number of oxazole rings is 1. The number of rotatable bonds is 5. The van der Waals surface area contributed by atoms with Gasteiger partial charge in [-0.3, -0.25) is 4.79 Å². The van der Waals surface area contributed by atoms with Crippen molar-refractivity contribution in [2.75, 3.05) is 11.9 Å². The second kappa shape index (κ2) is 8.04. The van der Waals surface area contributed by atoms with E-state index in [1.165, 1.54) is 0 Å². The SMILES string of the molecule is O=C(COc1ccccc1Cl)Nc1ccc2oc(-c3ccc(Br)cc3)nc2c1. The van der Waals surface area contributed by atoms with Crippen LogP contribution in [0, 0.1) is 0 Å². The number of para-hydroxylation sites is 1. The van der Waals surface area contributed by atoms with Crippen LogP contribution in [0.15, 0.2) is 75.6 Å². The number of fused-ring (bicyclic) bond motifs is 1. The van der Waals surface area contributed by atoms with Crippen LogP contribution in [0.5, 0.6) is 5.75 Å². The molecular formula is C21H14BrClN2O3. The fourth-order valence-corrected chi connectivity index (χ4v) is 3.08. The fraction of sp³-hybridized carbons (Fsp3) is 0.0476. The summed E-state index contributed by atoms with van der Waals surface area (Å²) >= 11 is 9.42. The van der Waals surface area contributed by atoms with Crippen molar-refractivity contribution in [3.05, 3.63) is 76.2 Å². The average molecular weight is 458 g/mol. The highest BCUT2D eigenvalue weighted by Crippen LogP contribution is 2.27. The lowest BCUT2D eigenvalue weighted by atomic mass is 10.2. The van der Waals surface area contributed by atoms with Gasteiger partial charge < -0.3 is 14.5 Å². The minimum Gasteiger partial charge on any atom is -0.482 e. The lowest BCUT2D eigenvalue weighted by molar-refractivity contribution is -0.118. The lowest BCUT2D eigenvalue weighted by Gasteiger charge is -2.08. The van der Waals surface area contributed by atoms with E-state index in [1.54, 1.807) is 42.5 Å². The second-order valence-corrected chi connectivity index (χ2v) is 7.30. The Balaban J connectivity index is 1.46. The van der Waals surface area contributed by atoms with Crippen molar-refractivity contribution in [1.82, 2.24) is 4.98 Å². The Morgan fingerprint density at radius 1 is 1.11 bits per heavy atom. The number of carbonyl (C=O) groups excluding carboxylic acids is 1. The zero-order valence-corrected chi connectivity index (χ0v) is 16.8. The predicted molar refractivity (Wildman–Crippen MR) is 113 cm³/mol. The Hall–Kier alpha value is -2.83. The number of halogens is 2. The first-order valence-electron chi connectivity index (χ1n) is 8.42. The highest BCUT2D eigenvalue weighted by Gasteiger charge is 2.11. The van der Waals surface area contributed by atoms with Crippen LogP contribution >= 0.6 is 27.5 Å². The van der Waals surface area contributed by atoms with Gasteiger partial charge in [0.2, 0.25) is 5.89 Å². The summed E-state index contributed by atoms with van der Waals surface area (Å²) in [6, 6.07) is 20.0. The number of anilines is 1. The van der Waals surface area contributed by atoms with E-state index < -0.39 is 0 Å². The molecule has 0 saturated carbocycles.